The van der Waals surface area contributed by atoms with Crippen molar-refractivity contribution in [2.75, 3.05) is 138 Å². The summed E-state index contributed by atoms with van der Waals surface area (Å²) in [6.45, 7) is 22.9. The topological polar surface area (TPSA) is 815 Å². The van der Waals surface area contributed by atoms with Gasteiger partial charge in [-0.1, -0.05) is 34.6 Å². The Labute approximate surface area is 773 Å². The number of nitrogens with zero attached hydrogens (tertiary/aromatic N) is 8. The zero-order valence-electron chi connectivity index (χ0n) is 77.2. The molecule has 61 heteroatoms. The molecule has 17 unspecified atom stereocenters. The minimum atomic E-state index is -4.50. The van der Waals surface area contributed by atoms with Crippen molar-refractivity contribution >= 4 is 107 Å². The second-order valence-electron chi connectivity index (χ2n) is 34.3. The number of carbonyl (C=O) groups is 8. The molecule has 0 bridgehead atoms. The van der Waals surface area contributed by atoms with Gasteiger partial charge in [0.25, 0.3) is 11.8 Å². The molecular formula is C72H147N11O42P8. The van der Waals surface area contributed by atoms with E-state index in [2.05, 4.69) is 0 Å². The lowest BCUT2D eigenvalue weighted by molar-refractivity contribution is -0.175. The fraction of sp³-hybridized carbons (Fsp3) is 0.889. The van der Waals surface area contributed by atoms with Crippen molar-refractivity contribution in [3.8, 4) is 0 Å². The van der Waals surface area contributed by atoms with Crippen molar-refractivity contribution in [3.63, 3.8) is 0 Å². The highest BCUT2D eigenvalue weighted by molar-refractivity contribution is 7.58. The first-order valence-electron chi connectivity index (χ1n) is 43.2. The van der Waals surface area contributed by atoms with Crippen LogP contribution in [0.15, 0.2) is 0 Å². The Kier molecular flexibility index (Phi) is 57.5. The van der Waals surface area contributed by atoms with Gasteiger partial charge in [-0.3, -0.25) is 114 Å². The third-order valence-corrected chi connectivity index (χ3v) is 30.9. The van der Waals surface area contributed by atoms with Gasteiger partial charge in [-0.05, 0) is 154 Å². The van der Waals surface area contributed by atoms with Gasteiger partial charge in [0.15, 0.2) is 44.0 Å². The highest BCUT2D eigenvalue weighted by atomic mass is 31.2. The number of aliphatic hydroxyl groups is 5. The zero-order valence-corrected chi connectivity index (χ0v) is 84.3. The standard InChI is InChI=1S/2C10H21N2O4P.C10H20NO6P.C9H19N2O4P.C9H18NO6P.3C8H16NO6P/c1-17(14,15)8-5-9(3-2-6-11)12-10(13)4-7-16-12;1-17(14,15)9(3-2-6-11)4-7-12-10(13)5-8-16-12;1-7(8(12)18(14,15)16)4-5-11-9(13)10(2,3)6-17-11;1-16(13,14)7-4-8(2-5-10)11-9(12)3-6-15-11;1-6(9(12)17(13,14)15)3-4-10-8(11)7(2)5-16-10;1-6(8(11)16(12,13)14)2-4-9-7(10)3-5-15-9;1-6(4-8(11)16(12,13)14)5-9-7(10)2-3-15-9;1-6(9-7(10)4-5-15-9)2-3-8(11)16(12,13)14/h2*9H,2-8,11H2,1H3,(H,14,15);7-8,12H,4-6H2,1-3H3,(H2,14,15,16);8H,2-7,10H2,1H3,(H,13,14);6-7,9,12H,3-5H2,1-2H3,(H2,13,14,15);3*6,8,11H,2-5H2,1H3,(H2,12,13,14). The number of hydroxylamine groups is 16. The highest BCUT2D eigenvalue weighted by Crippen LogP contribution is 2.49. The van der Waals surface area contributed by atoms with Crippen molar-refractivity contribution in [1.82, 2.24) is 40.5 Å². The van der Waals surface area contributed by atoms with Crippen LogP contribution in [0.1, 0.15) is 184 Å². The van der Waals surface area contributed by atoms with Crippen LogP contribution in [-0.2, 0) is 114 Å². The normalized spacial score (nSPS) is 22.2. The smallest absolute Gasteiger partial charge is 0.354 e. The summed E-state index contributed by atoms with van der Waals surface area (Å²) in [6, 6.07) is -0.606. The molecule has 8 aliphatic heterocycles. The molecule has 8 heterocycles. The van der Waals surface area contributed by atoms with Gasteiger partial charge >= 0.3 is 38.0 Å². The summed E-state index contributed by atoms with van der Waals surface area (Å²) in [5.41, 5.74) is 15.4. The number of hydrogen-bond acceptors (Lipinski definition) is 32. The maximum atomic E-state index is 11.8. The molecule has 8 saturated heterocycles. The van der Waals surface area contributed by atoms with E-state index in [1.54, 1.807) is 34.6 Å². The van der Waals surface area contributed by atoms with Gasteiger partial charge in [-0.15, -0.1) is 0 Å². The number of hydrogen-bond donors (Lipinski definition) is 21. The monoisotopic (exact) mass is 2090 g/mol. The summed E-state index contributed by atoms with van der Waals surface area (Å²) >= 11 is 0. The van der Waals surface area contributed by atoms with Gasteiger partial charge in [-0.2, -0.15) is 0 Å². The van der Waals surface area contributed by atoms with E-state index in [0.717, 1.165) is 12.8 Å². The fourth-order valence-electron chi connectivity index (χ4n) is 13.0. The van der Waals surface area contributed by atoms with Gasteiger partial charge in [0.05, 0.1) is 127 Å². The third kappa shape index (κ3) is 50.6. The first kappa shape index (κ1) is 127. The Hall–Kier alpha value is -3.56. The number of aliphatic hydroxyl groups excluding tert-OH is 5. The van der Waals surface area contributed by atoms with Gasteiger partial charge in [-0.25, -0.2) is 40.5 Å². The lowest BCUT2D eigenvalue weighted by atomic mass is 9.95. The van der Waals surface area contributed by atoms with Crippen molar-refractivity contribution in [2.24, 2.45) is 52.2 Å². The second-order valence-corrected chi connectivity index (χ2v) is 50.7. The van der Waals surface area contributed by atoms with Gasteiger partial charge in [0.2, 0.25) is 42.8 Å². The van der Waals surface area contributed by atoms with Crippen LogP contribution >= 0.6 is 60.1 Å². The first-order valence-corrected chi connectivity index (χ1v) is 58.4. The summed E-state index contributed by atoms with van der Waals surface area (Å²) in [5, 5.41) is 56.3. The SMILES string of the molecule is CC(CC(O)P(=O)(O)O)CN1OCCC1=O.CC(CCC(O)P(=O)(O)O)N1OCCC1=O.CC(CCN1OCC(C)(C)C1=O)C(O)P(=O)(O)O.CC(CCN1OCCC1=O)C(O)P(=O)(O)O.CC1CON(CCC(C)C(O)P(=O)(O)O)C1=O.CP(=O)(O)C(CCCN)CCN1OCCC1=O.CP(=O)(O)CCC(CCCN)N1OCCC1=O.CP(=O)(O)CCC(CCN)N1OCCC1=O. The third-order valence-electron chi connectivity index (χ3n) is 21.2. The molecule has 0 saturated carbocycles. The molecule has 24 N–H and O–H groups in total. The molecule has 0 aromatic carbocycles. The minimum absolute atomic E-state index is 0.0455. The molecule has 17 atom stereocenters. The maximum absolute atomic E-state index is 11.8. The molecule has 0 aromatic rings. The summed E-state index contributed by atoms with van der Waals surface area (Å²) in [4.78, 5) is 248. The molecule has 0 aliphatic carbocycles. The molecule has 8 aliphatic rings. The molecular weight excluding hydrogens is 1940 g/mol. The first-order chi connectivity index (χ1) is 61.1. The molecule has 8 amide bonds. The summed E-state index contributed by atoms with van der Waals surface area (Å²) in [7, 11) is -31.6. The predicted octanol–water partition coefficient (Wildman–Crippen LogP) is 0.642. The van der Waals surface area contributed by atoms with Crippen LogP contribution < -0.4 is 17.2 Å². The van der Waals surface area contributed by atoms with E-state index in [9.17, 15) is 110 Å². The van der Waals surface area contributed by atoms with E-state index in [4.69, 9.17) is 110 Å². The molecule has 8 fully saturated rings. The molecule has 782 valence electrons. The van der Waals surface area contributed by atoms with Crippen LogP contribution in [0.2, 0.25) is 0 Å². The van der Waals surface area contributed by atoms with E-state index in [0.29, 0.717) is 156 Å². The molecule has 0 spiro atoms. The van der Waals surface area contributed by atoms with Gasteiger partial charge < -0.3 is 106 Å². The lowest BCUT2D eigenvalue weighted by Crippen LogP contribution is -2.37. The van der Waals surface area contributed by atoms with E-state index < -0.39 is 112 Å². The average molecular weight is 2090 g/mol. The molecule has 53 nitrogen and oxygen atoms in total. The highest BCUT2D eigenvalue weighted by Gasteiger charge is 2.43. The van der Waals surface area contributed by atoms with E-state index in [1.165, 1.54) is 81.3 Å². The van der Waals surface area contributed by atoms with Crippen LogP contribution in [-0.4, -0.2) is 367 Å². The van der Waals surface area contributed by atoms with E-state index in [1.807, 2.05) is 0 Å². The zero-order chi connectivity index (χ0) is 102. The van der Waals surface area contributed by atoms with E-state index in [-0.39, 0.29) is 160 Å². The van der Waals surface area contributed by atoms with Crippen molar-refractivity contribution in [1.29, 1.82) is 0 Å². The van der Waals surface area contributed by atoms with Gasteiger partial charge in [0, 0.05) is 64.2 Å². The van der Waals surface area contributed by atoms with Crippen LogP contribution in [0.4, 0.5) is 0 Å². The Morgan fingerprint density at radius 1 is 0.383 bits per heavy atom. The van der Waals surface area contributed by atoms with Crippen LogP contribution in [0, 0.1) is 35.0 Å². The number of nitrogens with two attached hydrogens (primary N) is 3. The quantitative estimate of drug-likeness (QED) is 0.0372. The van der Waals surface area contributed by atoms with Crippen molar-refractivity contribution < 1.29 is 203 Å². The Morgan fingerprint density at radius 2 is 0.737 bits per heavy atom. The average Bonchev–Trinajstić information content (AvgIpc) is 1.67. The number of amides is 8. The van der Waals surface area contributed by atoms with Crippen LogP contribution in [0.25, 0.3) is 0 Å². The Balaban J connectivity index is 0.000000760. The van der Waals surface area contributed by atoms with Crippen molar-refractivity contribution in [2.45, 2.75) is 237 Å². The Morgan fingerprint density at radius 3 is 1.05 bits per heavy atom. The van der Waals surface area contributed by atoms with Crippen LogP contribution in [0.3, 0.4) is 0 Å². The Bertz CT molecular complexity index is 3970. The molecule has 133 heavy (non-hydrogen) atoms. The van der Waals surface area contributed by atoms with E-state index >= 15 is 0 Å². The summed E-state index contributed by atoms with van der Waals surface area (Å²) in [6.07, 6.45) is 8.30. The summed E-state index contributed by atoms with van der Waals surface area (Å²) in [5.74, 6) is -11.6. The minimum Gasteiger partial charge on any atom is -0.380 e. The fourth-order valence-corrected chi connectivity index (χ4v) is 19.3. The number of rotatable bonds is 45. The second kappa shape index (κ2) is 60.0. The van der Waals surface area contributed by atoms with Gasteiger partial charge in [0.1, 0.15) is 0 Å². The maximum Gasteiger partial charge on any atom is 0.354 e. The predicted molar refractivity (Wildman–Crippen MR) is 474 cm³/mol. The lowest BCUT2D eigenvalue weighted by Gasteiger charge is -2.26. The van der Waals surface area contributed by atoms with Crippen molar-refractivity contribution in [3.05, 3.63) is 0 Å². The molecule has 0 radical (unpaired) electrons. The van der Waals surface area contributed by atoms with Crippen LogP contribution in [0.5, 0.6) is 0 Å². The molecule has 8 rings (SSSR count). The largest absolute Gasteiger partial charge is 0.380 e. The molecule has 0 aromatic heterocycles. The number of carbonyl (C=O) groups excluding carboxylic acids is 8. The summed E-state index contributed by atoms with van der Waals surface area (Å²) < 4.78 is 88.0.